The fourth-order valence-corrected chi connectivity index (χ4v) is 4.78. The maximum absolute atomic E-state index is 14.6. The fourth-order valence-electron chi connectivity index (χ4n) is 4.78. The van der Waals surface area contributed by atoms with E-state index in [2.05, 4.69) is 5.32 Å². The summed E-state index contributed by atoms with van der Waals surface area (Å²) >= 11 is 0. The number of piperidine rings is 1. The molecule has 0 radical (unpaired) electrons. The van der Waals surface area contributed by atoms with E-state index in [1.54, 1.807) is 24.3 Å². The summed E-state index contributed by atoms with van der Waals surface area (Å²) in [5.41, 5.74) is -0.138. The lowest BCUT2D eigenvalue weighted by molar-refractivity contribution is -0.133. The van der Waals surface area contributed by atoms with Crippen LogP contribution in [0.1, 0.15) is 44.1 Å². The van der Waals surface area contributed by atoms with Gasteiger partial charge in [0.05, 0.1) is 7.11 Å². The van der Waals surface area contributed by atoms with Crippen LogP contribution in [0.5, 0.6) is 11.5 Å². The van der Waals surface area contributed by atoms with Gasteiger partial charge in [0.15, 0.2) is 0 Å². The molecule has 4 rings (SSSR count). The zero-order valence-corrected chi connectivity index (χ0v) is 19.3. The predicted molar refractivity (Wildman–Crippen MR) is 123 cm³/mol. The van der Waals surface area contributed by atoms with Crippen molar-refractivity contribution in [1.82, 2.24) is 10.2 Å². The zero-order valence-electron chi connectivity index (χ0n) is 19.3. The van der Waals surface area contributed by atoms with Gasteiger partial charge in [0.2, 0.25) is 11.8 Å². The molecule has 6 nitrogen and oxygen atoms in total. The van der Waals surface area contributed by atoms with Gasteiger partial charge in [-0.2, -0.15) is 0 Å². The molecular weight excluding hydrogens is 442 g/mol. The van der Waals surface area contributed by atoms with Crippen molar-refractivity contribution in [3.63, 3.8) is 0 Å². The molecule has 0 bridgehead atoms. The van der Waals surface area contributed by atoms with Crippen molar-refractivity contribution in [2.75, 3.05) is 20.2 Å². The number of benzene rings is 2. The standard InChI is InChI=1S/C26H30F2N2O4/c1-33-22-5-2-18(23(28)16-22)17-26(12-8-24(31)29-26)13-9-25(32)30-14-10-21(11-15-30)34-20-6-3-19(27)4-7-20/h2-7,16,21H,8-15,17H2,1H3,(H,29,31)/t26-/m1/s1. The molecular formula is C26H30F2N2O4. The lowest BCUT2D eigenvalue weighted by Crippen LogP contribution is -2.46. The number of likely N-dealkylation sites (tertiary alicyclic amines) is 1. The largest absolute Gasteiger partial charge is 0.497 e. The molecule has 2 saturated heterocycles. The SMILES string of the molecule is COc1ccc(C[C@]2(CCC(=O)N3CCC(Oc4ccc(F)cc4)CC3)CCC(=O)N2)c(F)c1. The summed E-state index contributed by atoms with van der Waals surface area (Å²) in [5, 5.41) is 3.01. The first-order valence-electron chi connectivity index (χ1n) is 11.7. The summed E-state index contributed by atoms with van der Waals surface area (Å²) in [7, 11) is 1.48. The zero-order chi connectivity index (χ0) is 24.1. The number of carbonyl (C=O) groups excluding carboxylic acids is 2. The number of carbonyl (C=O) groups is 2. The van der Waals surface area contributed by atoms with Gasteiger partial charge in [-0.15, -0.1) is 0 Å². The van der Waals surface area contributed by atoms with Crippen LogP contribution in [-0.2, 0) is 16.0 Å². The Kier molecular flexibility index (Phi) is 7.34. The molecule has 1 N–H and O–H groups in total. The van der Waals surface area contributed by atoms with Gasteiger partial charge in [0, 0.05) is 50.4 Å². The third-order valence-electron chi connectivity index (χ3n) is 6.75. The Morgan fingerprint density at radius 2 is 1.82 bits per heavy atom. The van der Waals surface area contributed by atoms with Crippen LogP contribution in [0.3, 0.4) is 0 Å². The molecule has 182 valence electrons. The second-order valence-electron chi connectivity index (χ2n) is 9.11. The number of halogens is 2. The Balaban J connectivity index is 1.31. The smallest absolute Gasteiger partial charge is 0.222 e. The van der Waals surface area contributed by atoms with Gasteiger partial charge >= 0.3 is 0 Å². The molecule has 0 aliphatic carbocycles. The monoisotopic (exact) mass is 472 g/mol. The predicted octanol–water partition coefficient (Wildman–Crippen LogP) is 4.01. The van der Waals surface area contributed by atoms with Gasteiger partial charge in [-0.25, -0.2) is 8.78 Å². The average Bonchev–Trinajstić information content (AvgIpc) is 3.21. The van der Waals surface area contributed by atoms with Crippen LogP contribution in [0, 0.1) is 11.6 Å². The van der Waals surface area contributed by atoms with Crippen molar-refractivity contribution >= 4 is 11.8 Å². The first-order chi connectivity index (χ1) is 16.4. The summed E-state index contributed by atoms with van der Waals surface area (Å²) in [6, 6.07) is 10.7. The first-order valence-corrected chi connectivity index (χ1v) is 11.7. The second kappa shape index (κ2) is 10.4. The van der Waals surface area contributed by atoms with Crippen LogP contribution in [-0.4, -0.2) is 48.6 Å². The third-order valence-corrected chi connectivity index (χ3v) is 6.75. The van der Waals surface area contributed by atoms with Gasteiger partial charge in [0.1, 0.15) is 29.2 Å². The molecule has 2 amide bonds. The quantitative estimate of drug-likeness (QED) is 0.630. The van der Waals surface area contributed by atoms with Crippen molar-refractivity contribution in [2.45, 2.75) is 56.6 Å². The topological polar surface area (TPSA) is 67.9 Å². The van der Waals surface area contributed by atoms with Crippen molar-refractivity contribution in [2.24, 2.45) is 0 Å². The van der Waals surface area contributed by atoms with E-state index in [1.165, 1.54) is 25.3 Å². The Bertz CT molecular complexity index is 1020. The second-order valence-corrected chi connectivity index (χ2v) is 9.11. The van der Waals surface area contributed by atoms with E-state index in [0.717, 1.165) is 0 Å². The normalized spacial score (nSPS) is 20.8. The summed E-state index contributed by atoms with van der Waals surface area (Å²) in [6.45, 7) is 1.16. The maximum Gasteiger partial charge on any atom is 0.222 e. The Morgan fingerprint density at radius 3 is 2.44 bits per heavy atom. The Hall–Kier alpha value is -3.16. The minimum absolute atomic E-state index is 0.0204. The number of nitrogens with one attached hydrogen (secondary N) is 1. The Labute approximate surface area is 198 Å². The number of rotatable bonds is 8. The van der Waals surface area contributed by atoms with E-state index in [0.29, 0.717) is 68.7 Å². The van der Waals surface area contributed by atoms with Crippen molar-refractivity contribution < 1.29 is 27.8 Å². The molecule has 2 heterocycles. The van der Waals surface area contributed by atoms with Gasteiger partial charge in [0.25, 0.3) is 0 Å². The highest BCUT2D eigenvalue weighted by Crippen LogP contribution is 2.32. The van der Waals surface area contributed by atoms with Gasteiger partial charge in [-0.1, -0.05) is 6.07 Å². The number of nitrogens with zero attached hydrogens (tertiary/aromatic N) is 1. The van der Waals surface area contributed by atoms with Crippen molar-refractivity contribution in [1.29, 1.82) is 0 Å². The van der Waals surface area contributed by atoms with Crippen LogP contribution >= 0.6 is 0 Å². The third kappa shape index (κ3) is 5.85. The molecule has 0 saturated carbocycles. The van der Waals surface area contributed by atoms with E-state index in [-0.39, 0.29) is 36.0 Å². The number of hydrogen-bond donors (Lipinski definition) is 1. The number of methoxy groups -OCH3 is 1. The minimum atomic E-state index is -0.633. The van der Waals surface area contributed by atoms with E-state index in [1.807, 2.05) is 4.90 Å². The minimum Gasteiger partial charge on any atom is -0.497 e. The number of hydrogen-bond acceptors (Lipinski definition) is 4. The first kappa shape index (κ1) is 24.0. The molecule has 34 heavy (non-hydrogen) atoms. The molecule has 2 fully saturated rings. The summed E-state index contributed by atoms with van der Waals surface area (Å²) in [5.74, 6) is 0.327. The van der Waals surface area contributed by atoms with Gasteiger partial charge < -0.3 is 19.7 Å². The van der Waals surface area contributed by atoms with E-state index in [9.17, 15) is 18.4 Å². The van der Waals surface area contributed by atoms with Gasteiger partial charge in [-0.3, -0.25) is 9.59 Å². The lowest BCUT2D eigenvalue weighted by atomic mass is 9.84. The molecule has 0 unspecified atom stereocenters. The molecule has 8 heteroatoms. The number of amides is 2. The Morgan fingerprint density at radius 1 is 1.12 bits per heavy atom. The highest BCUT2D eigenvalue weighted by molar-refractivity contribution is 5.80. The van der Waals surface area contributed by atoms with E-state index in [4.69, 9.17) is 9.47 Å². The van der Waals surface area contributed by atoms with Crippen molar-refractivity contribution in [3.05, 3.63) is 59.7 Å². The average molecular weight is 473 g/mol. The van der Waals surface area contributed by atoms with Crippen LogP contribution in [0.4, 0.5) is 8.78 Å². The summed E-state index contributed by atoms with van der Waals surface area (Å²) in [6.07, 6.45) is 3.37. The van der Waals surface area contributed by atoms with Crippen LogP contribution in [0.2, 0.25) is 0 Å². The van der Waals surface area contributed by atoms with Crippen LogP contribution in [0.15, 0.2) is 42.5 Å². The summed E-state index contributed by atoms with van der Waals surface area (Å²) in [4.78, 5) is 26.8. The highest BCUT2D eigenvalue weighted by Gasteiger charge is 2.39. The van der Waals surface area contributed by atoms with E-state index >= 15 is 0 Å². The molecule has 2 aliphatic heterocycles. The maximum atomic E-state index is 14.6. The van der Waals surface area contributed by atoms with Crippen molar-refractivity contribution in [3.8, 4) is 11.5 Å². The summed E-state index contributed by atoms with van der Waals surface area (Å²) < 4.78 is 38.6. The molecule has 2 aromatic rings. The lowest BCUT2D eigenvalue weighted by Gasteiger charge is -2.34. The number of ether oxygens (including phenoxy) is 2. The fraction of sp³-hybridized carbons (Fsp3) is 0.462. The van der Waals surface area contributed by atoms with Crippen LogP contribution in [0.25, 0.3) is 0 Å². The molecule has 2 aromatic carbocycles. The molecule has 0 aromatic heterocycles. The molecule has 1 atom stereocenters. The molecule has 0 spiro atoms. The van der Waals surface area contributed by atoms with Crippen LogP contribution < -0.4 is 14.8 Å². The van der Waals surface area contributed by atoms with Gasteiger partial charge in [-0.05, 0) is 55.2 Å². The highest BCUT2D eigenvalue weighted by atomic mass is 19.1. The van der Waals surface area contributed by atoms with E-state index < -0.39 is 5.54 Å². The molecule has 2 aliphatic rings.